The molecule has 2 rings (SSSR count). The third-order valence-corrected chi connectivity index (χ3v) is 3.08. The van der Waals surface area contributed by atoms with Gasteiger partial charge in [-0.15, -0.1) is 0 Å². The van der Waals surface area contributed by atoms with E-state index in [9.17, 15) is 9.59 Å². The number of aliphatic carboxylic acids is 1. The molecule has 2 aromatic carbocycles. The van der Waals surface area contributed by atoms with Crippen molar-refractivity contribution in [1.82, 2.24) is 5.32 Å². The summed E-state index contributed by atoms with van der Waals surface area (Å²) in [5.74, 6) is -1.08. The van der Waals surface area contributed by atoms with E-state index in [1.54, 1.807) is 12.1 Å². The maximum absolute atomic E-state index is 11.9. The first-order valence-corrected chi connectivity index (χ1v) is 7.08. The first-order valence-electron chi connectivity index (χ1n) is 7.08. The Balaban J connectivity index is 1.99. The van der Waals surface area contributed by atoms with Crippen LogP contribution in [0.4, 0.5) is 4.79 Å². The lowest BCUT2D eigenvalue weighted by Crippen LogP contribution is -2.28. The molecule has 1 amide bonds. The van der Waals surface area contributed by atoms with Crippen LogP contribution in [0.25, 0.3) is 0 Å². The Hall–Kier alpha value is -3.08. The van der Waals surface area contributed by atoms with Crippen LogP contribution in [0.15, 0.2) is 72.8 Å². The van der Waals surface area contributed by atoms with Crippen LogP contribution >= 0.6 is 0 Å². The smallest absolute Gasteiger partial charge is 0.408 e. The van der Waals surface area contributed by atoms with Crippen LogP contribution in [0.5, 0.6) is 0 Å². The highest BCUT2D eigenvalue weighted by Gasteiger charge is 2.13. The largest absolute Gasteiger partial charge is 0.478 e. The zero-order valence-corrected chi connectivity index (χ0v) is 12.4. The average molecular weight is 311 g/mol. The van der Waals surface area contributed by atoms with Gasteiger partial charge in [-0.05, 0) is 11.1 Å². The number of carboxylic acids is 1. The normalized spacial score (nSPS) is 11.8. The molecule has 0 fully saturated rings. The van der Waals surface area contributed by atoms with Crippen molar-refractivity contribution in [2.45, 2.75) is 12.6 Å². The zero-order chi connectivity index (χ0) is 16.5. The van der Waals surface area contributed by atoms with Crippen LogP contribution in [0.3, 0.4) is 0 Å². The Kier molecular flexibility index (Phi) is 5.94. The van der Waals surface area contributed by atoms with Crippen LogP contribution in [-0.4, -0.2) is 17.2 Å². The number of carbonyl (C=O) groups is 2. The maximum Gasteiger partial charge on any atom is 0.408 e. The molecule has 0 aliphatic heterocycles. The van der Waals surface area contributed by atoms with E-state index in [4.69, 9.17) is 9.84 Å². The van der Waals surface area contributed by atoms with E-state index in [-0.39, 0.29) is 6.61 Å². The lowest BCUT2D eigenvalue weighted by molar-refractivity contribution is -0.131. The van der Waals surface area contributed by atoms with Gasteiger partial charge in [0.15, 0.2) is 0 Å². The lowest BCUT2D eigenvalue weighted by Gasteiger charge is -2.15. The molecule has 5 heteroatoms. The molecule has 2 aromatic rings. The highest BCUT2D eigenvalue weighted by Crippen LogP contribution is 2.14. The van der Waals surface area contributed by atoms with Crippen molar-refractivity contribution in [3.8, 4) is 0 Å². The van der Waals surface area contributed by atoms with Crippen LogP contribution in [-0.2, 0) is 16.1 Å². The third-order valence-electron chi connectivity index (χ3n) is 3.08. The topological polar surface area (TPSA) is 75.6 Å². The van der Waals surface area contributed by atoms with Gasteiger partial charge in [-0.25, -0.2) is 9.59 Å². The highest BCUT2D eigenvalue weighted by atomic mass is 16.5. The standard InChI is InChI=1S/C18H17NO4/c20-17(21)12-11-16(15-9-5-2-6-10-15)19-18(22)23-13-14-7-3-1-4-8-14/h1-12,16H,13H2,(H,19,22)(H,20,21)/b12-11+. The molecule has 0 aromatic heterocycles. The molecule has 0 spiro atoms. The number of carboxylic acid groups (broad SMARTS) is 1. The molecule has 1 unspecified atom stereocenters. The van der Waals surface area contributed by atoms with Crippen LogP contribution in [0, 0.1) is 0 Å². The van der Waals surface area contributed by atoms with Crippen LogP contribution < -0.4 is 5.32 Å². The van der Waals surface area contributed by atoms with E-state index < -0.39 is 18.1 Å². The number of carbonyl (C=O) groups excluding carboxylic acids is 1. The predicted octanol–water partition coefficient (Wildman–Crippen LogP) is 3.29. The van der Waals surface area contributed by atoms with Crippen molar-refractivity contribution in [2.24, 2.45) is 0 Å². The summed E-state index contributed by atoms with van der Waals surface area (Å²) in [6.07, 6.45) is 1.79. The van der Waals surface area contributed by atoms with Gasteiger partial charge >= 0.3 is 12.1 Å². The first-order chi connectivity index (χ1) is 11.1. The molecule has 0 aliphatic carbocycles. The fourth-order valence-electron chi connectivity index (χ4n) is 1.97. The second-order valence-corrected chi connectivity index (χ2v) is 4.79. The second kappa shape index (κ2) is 8.38. The summed E-state index contributed by atoms with van der Waals surface area (Å²) in [6.45, 7) is 0.150. The minimum absolute atomic E-state index is 0.150. The number of hydrogen-bond donors (Lipinski definition) is 2. The Morgan fingerprint density at radius 2 is 1.65 bits per heavy atom. The highest BCUT2D eigenvalue weighted by molar-refractivity contribution is 5.80. The van der Waals surface area contributed by atoms with E-state index in [1.165, 1.54) is 6.08 Å². The molecule has 1 atom stereocenters. The van der Waals surface area contributed by atoms with Crippen LogP contribution in [0.2, 0.25) is 0 Å². The molecule has 0 saturated carbocycles. The van der Waals surface area contributed by atoms with Crippen molar-refractivity contribution < 1.29 is 19.4 Å². The van der Waals surface area contributed by atoms with E-state index in [0.717, 1.165) is 17.2 Å². The number of rotatable bonds is 6. The van der Waals surface area contributed by atoms with Crippen molar-refractivity contribution in [3.63, 3.8) is 0 Å². The van der Waals surface area contributed by atoms with Crippen molar-refractivity contribution in [1.29, 1.82) is 0 Å². The predicted molar refractivity (Wildman–Crippen MR) is 85.7 cm³/mol. The first kappa shape index (κ1) is 16.3. The van der Waals surface area contributed by atoms with Gasteiger partial charge < -0.3 is 15.2 Å². The Morgan fingerprint density at radius 1 is 1.04 bits per heavy atom. The summed E-state index contributed by atoms with van der Waals surface area (Å²) in [7, 11) is 0. The van der Waals surface area contributed by atoms with E-state index in [1.807, 2.05) is 48.5 Å². The summed E-state index contributed by atoms with van der Waals surface area (Å²) in [5.41, 5.74) is 1.64. The molecule has 0 aliphatic rings. The summed E-state index contributed by atoms with van der Waals surface area (Å²) in [6, 6.07) is 17.8. The molecule has 5 nitrogen and oxygen atoms in total. The second-order valence-electron chi connectivity index (χ2n) is 4.79. The van der Waals surface area contributed by atoms with E-state index in [0.29, 0.717) is 0 Å². The van der Waals surface area contributed by atoms with Gasteiger partial charge in [0.05, 0.1) is 6.04 Å². The Bertz CT molecular complexity index is 668. The molecule has 118 valence electrons. The fraction of sp³-hybridized carbons (Fsp3) is 0.111. The van der Waals surface area contributed by atoms with E-state index in [2.05, 4.69) is 5.32 Å². The molecule has 2 N–H and O–H groups in total. The molecule has 0 bridgehead atoms. The van der Waals surface area contributed by atoms with Gasteiger partial charge in [-0.2, -0.15) is 0 Å². The average Bonchev–Trinajstić information content (AvgIpc) is 2.58. The van der Waals surface area contributed by atoms with Gasteiger partial charge in [0, 0.05) is 6.08 Å². The van der Waals surface area contributed by atoms with Crippen molar-refractivity contribution >= 4 is 12.1 Å². The summed E-state index contributed by atoms with van der Waals surface area (Å²) in [5, 5.41) is 11.4. The molecular formula is C18H17NO4. The third kappa shape index (κ3) is 5.67. The maximum atomic E-state index is 11.9. The number of hydrogen-bond acceptors (Lipinski definition) is 3. The lowest BCUT2D eigenvalue weighted by atomic mass is 10.1. The quantitative estimate of drug-likeness (QED) is 0.803. The summed E-state index contributed by atoms with van der Waals surface area (Å²) in [4.78, 5) is 22.6. The molecule has 0 radical (unpaired) electrons. The van der Waals surface area contributed by atoms with Gasteiger partial charge in [0.2, 0.25) is 0 Å². The number of ether oxygens (including phenoxy) is 1. The fourth-order valence-corrected chi connectivity index (χ4v) is 1.97. The van der Waals surface area contributed by atoms with Gasteiger partial charge in [0.25, 0.3) is 0 Å². The minimum Gasteiger partial charge on any atom is -0.478 e. The summed E-state index contributed by atoms with van der Waals surface area (Å²) < 4.78 is 5.16. The molecule has 0 saturated heterocycles. The zero-order valence-electron chi connectivity index (χ0n) is 12.4. The monoisotopic (exact) mass is 311 g/mol. The Labute approximate surface area is 134 Å². The number of benzene rings is 2. The van der Waals surface area contributed by atoms with Gasteiger partial charge in [-0.1, -0.05) is 66.7 Å². The summed E-state index contributed by atoms with van der Waals surface area (Å²) >= 11 is 0. The minimum atomic E-state index is -1.08. The van der Waals surface area contributed by atoms with Crippen molar-refractivity contribution in [2.75, 3.05) is 0 Å². The van der Waals surface area contributed by atoms with Gasteiger partial charge in [-0.3, -0.25) is 0 Å². The number of alkyl carbamates (subject to hydrolysis) is 1. The van der Waals surface area contributed by atoms with E-state index >= 15 is 0 Å². The van der Waals surface area contributed by atoms with Gasteiger partial charge in [0.1, 0.15) is 6.61 Å². The number of amides is 1. The van der Waals surface area contributed by atoms with Crippen LogP contribution in [0.1, 0.15) is 17.2 Å². The molecule has 0 heterocycles. The molecular weight excluding hydrogens is 294 g/mol. The number of nitrogens with one attached hydrogen (secondary N) is 1. The van der Waals surface area contributed by atoms with Crippen molar-refractivity contribution in [3.05, 3.63) is 83.9 Å². The Morgan fingerprint density at radius 3 is 2.26 bits per heavy atom. The SMILES string of the molecule is O=C(O)/C=C/C(NC(=O)OCc1ccccc1)c1ccccc1. The molecule has 23 heavy (non-hydrogen) atoms.